The van der Waals surface area contributed by atoms with Gasteiger partial charge < -0.3 is 20.1 Å². The Morgan fingerprint density at radius 3 is 2.46 bits per heavy atom. The summed E-state index contributed by atoms with van der Waals surface area (Å²) in [5.41, 5.74) is -0.354. The molecule has 2 aliphatic rings. The molecule has 2 aromatic carbocycles. The van der Waals surface area contributed by atoms with Gasteiger partial charge in [0.2, 0.25) is 0 Å². The van der Waals surface area contributed by atoms with E-state index in [1.165, 1.54) is 5.56 Å². The SMILES string of the molecule is COc1ccc(C23CCC(NC(=O)Nc4cc(F)cc(C(F)(F)F)c4)CC2N(C(C)C)CC3)cc1OC. The summed E-state index contributed by atoms with van der Waals surface area (Å²) in [4.78, 5) is 15.1. The molecule has 0 bridgehead atoms. The molecule has 2 aromatic rings. The highest BCUT2D eigenvalue weighted by atomic mass is 19.4. The molecule has 1 aliphatic carbocycles. The maximum Gasteiger partial charge on any atom is 0.416 e. The topological polar surface area (TPSA) is 62.8 Å². The van der Waals surface area contributed by atoms with E-state index in [9.17, 15) is 22.4 Å². The van der Waals surface area contributed by atoms with Gasteiger partial charge in [-0.2, -0.15) is 13.2 Å². The van der Waals surface area contributed by atoms with Gasteiger partial charge in [-0.1, -0.05) is 6.07 Å². The molecule has 3 atom stereocenters. The summed E-state index contributed by atoms with van der Waals surface area (Å²) >= 11 is 0. The first-order valence-electron chi connectivity index (χ1n) is 12.4. The van der Waals surface area contributed by atoms with Gasteiger partial charge >= 0.3 is 12.2 Å². The summed E-state index contributed by atoms with van der Waals surface area (Å²) in [6, 6.07) is 7.65. The minimum absolute atomic E-state index is 0.122. The Hall–Kier alpha value is -3.01. The molecule has 0 radical (unpaired) electrons. The summed E-state index contributed by atoms with van der Waals surface area (Å²) in [7, 11) is 3.21. The van der Waals surface area contributed by atoms with Crippen LogP contribution in [0.4, 0.5) is 28.0 Å². The molecule has 202 valence electrons. The largest absolute Gasteiger partial charge is 0.493 e. The lowest BCUT2D eigenvalue weighted by Gasteiger charge is -2.46. The number of ether oxygens (including phenoxy) is 2. The Morgan fingerprint density at radius 1 is 1.08 bits per heavy atom. The Kier molecular flexibility index (Phi) is 7.60. The van der Waals surface area contributed by atoms with Gasteiger partial charge in [0.05, 0.1) is 19.8 Å². The van der Waals surface area contributed by atoms with Crippen LogP contribution in [-0.4, -0.2) is 49.8 Å². The number of benzene rings is 2. The molecule has 10 heteroatoms. The molecule has 37 heavy (non-hydrogen) atoms. The lowest BCUT2D eigenvalue weighted by Crippen LogP contribution is -2.54. The third-order valence-corrected chi connectivity index (χ3v) is 7.74. The number of amides is 2. The molecule has 2 N–H and O–H groups in total. The number of methoxy groups -OCH3 is 2. The van der Waals surface area contributed by atoms with E-state index in [-0.39, 0.29) is 23.2 Å². The first-order chi connectivity index (χ1) is 17.5. The summed E-state index contributed by atoms with van der Waals surface area (Å²) < 4.78 is 63.8. The summed E-state index contributed by atoms with van der Waals surface area (Å²) in [6.07, 6.45) is -1.56. The number of urea groups is 1. The predicted molar refractivity (Wildman–Crippen MR) is 133 cm³/mol. The molecule has 1 saturated heterocycles. The number of carbonyl (C=O) groups excluding carboxylic acids is 1. The third kappa shape index (κ3) is 5.49. The van der Waals surface area contributed by atoms with E-state index in [0.29, 0.717) is 36.4 Å². The number of nitrogens with one attached hydrogen (secondary N) is 2. The highest BCUT2D eigenvalue weighted by Gasteiger charge is 2.52. The van der Waals surface area contributed by atoms with E-state index in [4.69, 9.17) is 9.47 Å². The molecule has 3 unspecified atom stereocenters. The van der Waals surface area contributed by atoms with Crippen LogP contribution in [0, 0.1) is 5.82 Å². The van der Waals surface area contributed by atoms with Gasteiger partial charge in [-0.05, 0) is 82.0 Å². The zero-order valence-electron chi connectivity index (χ0n) is 21.4. The van der Waals surface area contributed by atoms with E-state index in [2.05, 4.69) is 35.4 Å². The van der Waals surface area contributed by atoms with Crippen LogP contribution in [0.3, 0.4) is 0 Å². The second-order valence-corrected chi connectivity index (χ2v) is 10.1. The van der Waals surface area contributed by atoms with Crippen molar-refractivity contribution in [3.05, 3.63) is 53.3 Å². The van der Waals surface area contributed by atoms with Crippen molar-refractivity contribution in [1.82, 2.24) is 10.2 Å². The first-order valence-corrected chi connectivity index (χ1v) is 12.4. The summed E-state index contributed by atoms with van der Waals surface area (Å²) in [6.45, 7) is 5.21. The highest BCUT2D eigenvalue weighted by molar-refractivity contribution is 5.89. The van der Waals surface area contributed by atoms with Crippen molar-refractivity contribution in [2.45, 2.75) is 69.2 Å². The van der Waals surface area contributed by atoms with Crippen molar-refractivity contribution in [3.8, 4) is 11.5 Å². The Labute approximate surface area is 214 Å². The number of anilines is 1. The van der Waals surface area contributed by atoms with E-state index >= 15 is 0 Å². The van der Waals surface area contributed by atoms with Gasteiger partial charge in [0, 0.05) is 29.2 Å². The van der Waals surface area contributed by atoms with Crippen LogP contribution in [0.25, 0.3) is 0 Å². The molecule has 1 saturated carbocycles. The van der Waals surface area contributed by atoms with Crippen molar-refractivity contribution in [2.24, 2.45) is 0 Å². The fraction of sp³-hybridized carbons (Fsp3) is 0.519. The third-order valence-electron chi connectivity index (χ3n) is 7.74. The number of carbonyl (C=O) groups is 1. The number of fused-ring (bicyclic) bond motifs is 1. The van der Waals surface area contributed by atoms with Gasteiger partial charge in [0.25, 0.3) is 0 Å². The van der Waals surface area contributed by atoms with Crippen molar-refractivity contribution in [1.29, 1.82) is 0 Å². The van der Waals surface area contributed by atoms with Crippen LogP contribution >= 0.6 is 0 Å². The Balaban J connectivity index is 1.52. The smallest absolute Gasteiger partial charge is 0.416 e. The summed E-state index contributed by atoms with van der Waals surface area (Å²) in [5, 5.41) is 5.27. The monoisotopic (exact) mass is 523 g/mol. The van der Waals surface area contributed by atoms with Gasteiger partial charge in [0.1, 0.15) is 5.82 Å². The number of halogens is 4. The normalized spacial score (nSPS) is 24.0. The fourth-order valence-corrected chi connectivity index (χ4v) is 5.99. The molecular weight excluding hydrogens is 490 g/mol. The maximum absolute atomic E-state index is 13.7. The number of rotatable bonds is 6. The standard InChI is InChI=1S/C27H33F4N3O3/c1-16(2)34-10-9-26(17-5-6-22(36-3)23(13-17)37-4)8-7-20(15-24(26)34)32-25(35)33-21-12-18(27(29,30)31)11-19(28)14-21/h5-6,11-14,16,20,24H,7-10,15H2,1-4H3,(H2,32,33,35). The average Bonchev–Trinajstić information content (AvgIpc) is 3.23. The lowest BCUT2D eigenvalue weighted by molar-refractivity contribution is -0.137. The molecule has 1 heterocycles. The Morgan fingerprint density at radius 2 is 1.81 bits per heavy atom. The number of hydrogen-bond acceptors (Lipinski definition) is 4. The molecule has 0 spiro atoms. The number of likely N-dealkylation sites (tertiary alicyclic amines) is 1. The summed E-state index contributed by atoms with van der Waals surface area (Å²) in [5.74, 6) is 0.265. The van der Waals surface area contributed by atoms with Crippen molar-refractivity contribution >= 4 is 11.7 Å². The lowest BCUT2D eigenvalue weighted by atomic mass is 9.65. The quantitative estimate of drug-likeness (QED) is 0.459. The second kappa shape index (κ2) is 10.4. The van der Waals surface area contributed by atoms with Crippen molar-refractivity contribution in [3.63, 3.8) is 0 Å². The van der Waals surface area contributed by atoms with E-state index in [1.807, 2.05) is 12.1 Å². The zero-order valence-corrected chi connectivity index (χ0v) is 21.4. The number of nitrogens with zero attached hydrogens (tertiary/aromatic N) is 1. The Bertz CT molecular complexity index is 1140. The second-order valence-electron chi connectivity index (χ2n) is 10.1. The van der Waals surface area contributed by atoms with Crippen LogP contribution in [0.15, 0.2) is 36.4 Å². The molecule has 2 fully saturated rings. The van der Waals surface area contributed by atoms with Crippen LogP contribution < -0.4 is 20.1 Å². The molecule has 2 amide bonds. The van der Waals surface area contributed by atoms with Gasteiger partial charge in [-0.25, -0.2) is 9.18 Å². The number of alkyl halides is 3. The molecule has 0 aromatic heterocycles. The minimum atomic E-state index is -4.71. The predicted octanol–water partition coefficient (Wildman–Crippen LogP) is 5.96. The number of hydrogen-bond donors (Lipinski definition) is 2. The molecule has 1 aliphatic heterocycles. The molecule has 4 rings (SSSR count). The van der Waals surface area contributed by atoms with Gasteiger partial charge in [-0.3, -0.25) is 4.90 Å². The van der Waals surface area contributed by atoms with Gasteiger partial charge in [-0.15, -0.1) is 0 Å². The molecule has 6 nitrogen and oxygen atoms in total. The van der Waals surface area contributed by atoms with Crippen LogP contribution in [-0.2, 0) is 11.6 Å². The van der Waals surface area contributed by atoms with Crippen molar-refractivity contribution in [2.75, 3.05) is 26.1 Å². The van der Waals surface area contributed by atoms with Crippen molar-refractivity contribution < 1.29 is 31.8 Å². The van der Waals surface area contributed by atoms with Crippen LogP contribution in [0.2, 0.25) is 0 Å². The maximum atomic E-state index is 13.7. The first kappa shape index (κ1) is 27.0. The highest BCUT2D eigenvalue weighted by Crippen LogP contribution is 2.51. The van der Waals surface area contributed by atoms with E-state index < -0.39 is 23.6 Å². The van der Waals surface area contributed by atoms with Crippen LogP contribution in [0.1, 0.15) is 50.7 Å². The molecular formula is C27H33F4N3O3. The fourth-order valence-electron chi connectivity index (χ4n) is 5.99. The van der Waals surface area contributed by atoms with E-state index in [0.717, 1.165) is 31.5 Å². The zero-order chi connectivity index (χ0) is 27.0. The van der Waals surface area contributed by atoms with E-state index in [1.54, 1.807) is 14.2 Å². The minimum Gasteiger partial charge on any atom is -0.493 e. The average molecular weight is 524 g/mol. The van der Waals surface area contributed by atoms with Crippen LogP contribution in [0.5, 0.6) is 11.5 Å². The van der Waals surface area contributed by atoms with Gasteiger partial charge in [0.15, 0.2) is 11.5 Å².